The van der Waals surface area contributed by atoms with Crippen molar-refractivity contribution in [2.24, 2.45) is 34.0 Å². The van der Waals surface area contributed by atoms with Crippen LogP contribution >= 0.6 is 0 Å². The van der Waals surface area contributed by atoms with Crippen molar-refractivity contribution in [3.63, 3.8) is 0 Å². The number of aliphatic hydroxyl groups is 4. The molecule has 0 aromatic carbocycles. The van der Waals surface area contributed by atoms with Gasteiger partial charge in [0, 0.05) is 11.3 Å². The molecule has 0 aromatic rings. The number of carboxylic acids is 1. The second-order valence-electron chi connectivity index (χ2n) is 10.2. The number of carbonyl (C=O) groups is 1. The van der Waals surface area contributed by atoms with Crippen LogP contribution in [0.25, 0.3) is 0 Å². The Morgan fingerprint density at radius 3 is 2.46 bits per heavy atom. The zero-order chi connectivity index (χ0) is 19.1. The van der Waals surface area contributed by atoms with Crippen LogP contribution in [0, 0.1) is 34.0 Å². The van der Waals surface area contributed by atoms with Gasteiger partial charge >= 0.3 is 5.97 Å². The average Bonchev–Trinajstić information content (AvgIpc) is 2.81. The quantitative estimate of drug-likeness (QED) is 0.499. The number of hydrogen-bond acceptors (Lipinski definition) is 5. The molecular weight excluding hydrogens is 336 g/mol. The van der Waals surface area contributed by atoms with Crippen molar-refractivity contribution < 1.29 is 30.3 Å². The number of aliphatic hydroxyl groups excluding tert-OH is 3. The topological polar surface area (TPSA) is 118 Å². The van der Waals surface area contributed by atoms with Crippen molar-refractivity contribution in [3.8, 4) is 0 Å². The van der Waals surface area contributed by atoms with Crippen LogP contribution in [0.2, 0.25) is 0 Å². The summed E-state index contributed by atoms with van der Waals surface area (Å²) in [5.74, 6) is -1.43. The lowest BCUT2D eigenvalue weighted by Crippen LogP contribution is -2.69. The highest BCUT2D eigenvalue weighted by Crippen LogP contribution is 2.72. The van der Waals surface area contributed by atoms with E-state index < -0.39 is 45.9 Å². The Hall–Kier alpha value is -0.690. The lowest BCUT2D eigenvalue weighted by molar-refractivity contribution is -0.255. The summed E-state index contributed by atoms with van der Waals surface area (Å²) in [4.78, 5) is 12.1. The summed E-state index contributed by atoms with van der Waals surface area (Å²) < 4.78 is 0. The molecule has 4 aliphatic rings. The van der Waals surface area contributed by atoms with Crippen molar-refractivity contribution in [2.45, 2.75) is 76.6 Å². The molecule has 0 aliphatic heterocycles. The van der Waals surface area contributed by atoms with Crippen molar-refractivity contribution >= 4 is 5.97 Å². The maximum absolute atomic E-state index is 12.1. The van der Waals surface area contributed by atoms with Gasteiger partial charge in [-0.1, -0.05) is 13.3 Å². The molecule has 0 aromatic heterocycles. The van der Waals surface area contributed by atoms with Gasteiger partial charge in [0.15, 0.2) is 0 Å². The number of fused-ring (bicyclic) bond motifs is 3. The van der Waals surface area contributed by atoms with Crippen LogP contribution in [0.5, 0.6) is 0 Å². The van der Waals surface area contributed by atoms with E-state index in [1.165, 1.54) is 0 Å². The van der Waals surface area contributed by atoms with Crippen molar-refractivity contribution in [1.82, 2.24) is 0 Å². The highest BCUT2D eigenvalue weighted by atomic mass is 16.4. The SMILES string of the molecule is C[C@@]12CCC[C@](C)(C(=O)O)[C@H]1[C@H](O)[C@H](O)[C@@]13C[C@@H](CC[C@@H]21)[C@](O)(CO)C3. The normalized spacial score (nSPS) is 58.8. The predicted octanol–water partition coefficient (Wildman–Crippen LogP) is 1.15. The summed E-state index contributed by atoms with van der Waals surface area (Å²) in [5, 5.41) is 53.0. The average molecular weight is 368 g/mol. The number of hydrogen-bond donors (Lipinski definition) is 5. The second-order valence-corrected chi connectivity index (χ2v) is 10.2. The number of aliphatic carboxylic acids is 1. The molecule has 4 fully saturated rings. The third-order valence-corrected chi connectivity index (χ3v) is 9.14. The molecule has 0 radical (unpaired) electrons. The highest BCUT2D eigenvalue weighted by molar-refractivity contribution is 5.75. The Labute approximate surface area is 154 Å². The molecule has 0 unspecified atom stereocenters. The van der Waals surface area contributed by atoms with Crippen LogP contribution in [-0.4, -0.2) is 55.9 Å². The molecule has 1 spiro atoms. The van der Waals surface area contributed by atoms with Gasteiger partial charge in [-0.3, -0.25) is 4.79 Å². The van der Waals surface area contributed by atoms with E-state index in [2.05, 4.69) is 6.92 Å². The van der Waals surface area contributed by atoms with E-state index in [1.807, 2.05) is 0 Å². The first-order valence-electron chi connectivity index (χ1n) is 9.98. The van der Waals surface area contributed by atoms with E-state index >= 15 is 0 Å². The van der Waals surface area contributed by atoms with Crippen LogP contribution < -0.4 is 0 Å². The Morgan fingerprint density at radius 2 is 1.85 bits per heavy atom. The maximum Gasteiger partial charge on any atom is 0.309 e. The lowest BCUT2D eigenvalue weighted by Gasteiger charge is -2.66. The van der Waals surface area contributed by atoms with Gasteiger partial charge in [-0.15, -0.1) is 0 Å². The second kappa shape index (κ2) is 5.43. The first-order valence-corrected chi connectivity index (χ1v) is 9.98. The molecule has 6 heteroatoms. The first kappa shape index (κ1) is 18.7. The standard InChI is InChI=1S/C20H32O6/c1-17-6-3-7-18(2,16(24)25)14(17)13(22)15(23)19-8-11(4-5-12(17)19)20(26,9-19)10-21/h11-15,21-23,26H,3-10H2,1-2H3,(H,24,25)/t11-,12+,13+,14+,15+,17+,18+,19-,20-/m1/s1. The third kappa shape index (κ3) is 1.99. The molecule has 0 saturated heterocycles. The zero-order valence-electron chi connectivity index (χ0n) is 15.7. The predicted molar refractivity (Wildman–Crippen MR) is 93.1 cm³/mol. The molecule has 148 valence electrons. The number of rotatable bonds is 2. The van der Waals surface area contributed by atoms with Gasteiger partial charge < -0.3 is 25.5 Å². The summed E-state index contributed by atoms with van der Waals surface area (Å²) in [6.07, 6.45) is 2.41. The lowest BCUT2D eigenvalue weighted by atomic mass is 9.39. The summed E-state index contributed by atoms with van der Waals surface area (Å²) in [5.41, 5.74) is -3.29. The minimum atomic E-state index is -1.20. The summed E-state index contributed by atoms with van der Waals surface area (Å²) in [7, 11) is 0. The molecule has 4 saturated carbocycles. The Bertz CT molecular complexity index is 623. The van der Waals surface area contributed by atoms with Gasteiger partial charge in [-0.25, -0.2) is 0 Å². The molecule has 9 atom stereocenters. The fourth-order valence-electron chi connectivity index (χ4n) is 8.13. The van der Waals surface area contributed by atoms with Gasteiger partial charge in [0.05, 0.1) is 29.8 Å². The van der Waals surface area contributed by atoms with E-state index in [-0.39, 0.29) is 24.9 Å². The van der Waals surface area contributed by atoms with Crippen LogP contribution in [0.1, 0.15) is 58.8 Å². The number of carboxylic acid groups (broad SMARTS) is 1. The zero-order valence-corrected chi connectivity index (χ0v) is 15.7. The van der Waals surface area contributed by atoms with Gasteiger partial charge in [0.25, 0.3) is 0 Å². The van der Waals surface area contributed by atoms with Crippen molar-refractivity contribution in [1.29, 1.82) is 0 Å². The molecule has 2 bridgehead atoms. The first-order chi connectivity index (χ1) is 12.0. The molecule has 4 aliphatic carbocycles. The molecule has 0 heterocycles. The minimum absolute atomic E-state index is 0.0502. The van der Waals surface area contributed by atoms with Crippen LogP contribution in [0.4, 0.5) is 0 Å². The van der Waals surface area contributed by atoms with Crippen LogP contribution in [0.15, 0.2) is 0 Å². The Balaban J connectivity index is 1.83. The molecule has 6 nitrogen and oxygen atoms in total. The maximum atomic E-state index is 12.1. The monoisotopic (exact) mass is 368 g/mol. The van der Waals surface area contributed by atoms with E-state index in [4.69, 9.17) is 0 Å². The van der Waals surface area contributed by atoms with E-state index in [9.17, 15) is 30.3 Å². The molecular formula is C20H32O6. The highest BCUT2D eigenvalue weighted by Gasteiger charge is 2.73. The van der Waals surface area contributed by atoms with Crippen molar-refractivity contribution in [3.05, 3.63) is 0 Å². The summed E-state index contributed by atoms with van der Waals surface area (Å²) in [6, 6.07) is 0. The Kier molecular flexibility index (Phi) is 3.90. The fraction of sp³-hybridized carbons (Fsp3) is 0.950. The molecule has 0 amide bonds. The van der Waals surface area contributed by atoms with Gasteiger partial charge in [-0.2, -0.15) is 0 Å². The summed E-state index contributed by atoms with van der Waals surface area (Å²) in [6.45, 7) is 3.48. The van der Waals surface area contributed by atoms with Crippen LogP contribution in [-0.2, 0) is 4.79 Å². The molecule has 4 rings (SSSR count). The summed E-state index contributed by atoms with van der Waals surface area (Å²) >= 11 is 0. The third-order valence-electron chi connectivity index (χ3n) is 9.14. The van der Waals surface area contributed by atoms with E-state index in [0.29, 0.717) is 12.8 Å². The minimum Gasteiger partial charge on any atom is -0.481 e. The van der Waals surface area contributed by atoms with Crippen molar-refractivity contribution in [2.75, 3.05) is 6.61 Å². The van der Waals surface area contributed by atoms with Crippen LogP contribution in [0.3, 0.4) is 0 Å². The molecule has 26 heavy (non-hydrogen) atoms. The van der Waals surface area contributed by atoms with Gasteiger partial charge in [0.1, 0.15) is 0 Å². The van der Waals surface area contributed by atoms with E-state index in [0.717, 1.165) is 25.7 Å². The molecule has 5 N–H and O–H groups in total. The Morgan fingerprint density at radius 1 is 1.15 bits per heavy atom. The largest absolute Gasteiger partial charge is 0.481 e. The fourth-order valence-corrected chi connectivity index (χ4v) is 8.13. The van der Waals surface area contributed by atoms with Gasteiger partial charge in [-0.05, 0) is 62.7 Å². The van der Waals surface area contributed by atoms with E-state index in [1.54, 1.807) is 6.92 Å². The van der Waals surface area contributed by atoms with Gasteiger partial charge in [0.2, 0.25) is 0 Å². The smallest absolute Gasteiger partial charge is 0.309 e.